The molecule has 0 atom stereocenters. The summed E-state index contributed by atoms with van der Waals surface area (Å²) in [7, 11) is 6.93. The summed E-state index contributed by atoms with van der Waals surface area (Å²) in [5.74, 6) is 1.31. The first-order valence-corrected chi connectivity index (χ1v) is 20.9. The van der Waals surface area contributed by atoms with E-state index < -0.39 is 12.7 Å². The quantitative estimate of drug-likeness (QED) is 0.195. The standard InChI is InChI=1S/3C8H18O.C5H12.3C4H10O.C4H10S/c2*1-7(2,3)8(4,5)9-6;1-7(2,3)9-8(4,5)6;1-3-5-4-2;2*1-3-4-5-2;1-3-5-4-2;1-3-4-5-2/h3*1-6H3;3-5H2,1-2H3;4*3-4H2,1-2H3/i;;;3D2,4D2;;;;. The summed E-state index contributed by atoms with van der Waals surface area (Å²) in [4.78, 5) is 0. The fourth-order valence-electron chi connectivity index (χ4n) is 2.52. The van der Waals surface area contributed by atoms with Crippen LogP contribution >= 0.6 is 11.8 Å². The van der Waals surface area contributed by atoms with Crippen molar-refractivity contribution >= 4 is 11.8 Å². The van der Waals surface area contributed by atoms with E-state index in [2.05, 4.69) is 138 Å². The Hall–Kier alpha value is 0.110. The Morgan fingerprint density at radius 1 is 0.481 bits per heavy atom. The van der Waals surface area contributed by atoms with Gasteiger partial charge in [-0.2, -0.15) is 11.8 Å². The zero-order valence-corrected chi connectivity index (χ0v) is 42.0. The van der Waals surface area contributed by atoms with Gasteiger partial charge in [-0.15, -0.1) is 0 Å². The summed E-state index contributed by atoms with van der Waals surface area (Å²) >= 11 is 1.90. The molecule has 0 aromatic carbocycles. The summed E-state index contributed by atoms with van der Waals surface area (Å²) in [5.41, 5.74) is 0.375. The third-order valence-corrected chi connectivity index (χ3v) is 8.05. The molecule has 0 fully saturated rings. The molecule has 0 spiro atoms. The molecule has 0 heterocycles. The van der Waals surface area contributed by atoms with Crippen LogP contribution in [-0.2, 0) is 28.4 Å². The lowest BCUT2D eigenvalue weighted by molar-refractivity contribution is -0.102. The molecule has 0 N–H and O–H groups in total. The molecule has 52 heavy (non-hydrogen) atoms. The molecule has 0 bridgehead atoms. The van der Waals surface area contributed by atoms with Crippen molar-refractivity contribution in [3.05, 3.63) is 0 Å². The number of hydrogen-bond acceptors (Lipinski definition) is 7. The van der Waals surface area contributed by atoms with E-state index in [1.807, 2.05) is 25.6 Å². The Balaban J connectivity index is -0.0000000796. The van der Waals surface area contributed by atoms with Crippen LogP contribution in [0.4, 0.5) is 0 Å². The average molecular weight is 779 g/mol. The number of rotatable bonds is 12. The van der Waals surface area contributed by atoms with Gasteiger partial charge in [0.05, 0.1) is 22.4 Å². The van der Waals surface area contributed by atoms with Gasteiger partial charge < -0.3 is 28.4 Å². The lowest BCUT2D eigenvalue weighted by Gasteiger charge is -2.37. The van der Waals surface area contributed by atoms with Crippen molar-refractivity contribution in [3.63, 3.8) is 0 Å². The Morgan fingerprint density at radius 3 is 0.769 bits per heavy atom. The second kappa shape index (κ2) is 43.8. The van der Waals surface area contributed by atoms with Crippen molar-refractivity contribution < 1.29 is 33.9 Å². The molecule has 6 nitrogen and oxygen atoms in total. The molecule has 0 rings (SSSR count). The fraction of sp³-hybridized carbons (Fsp3) is 1.00. The molecule has 0 saturated carbocycles. The van der Waals surface area contributed by atoms with E-state index in [4.69, 9.17) is 33.9 Å². The van der Waals surface area contributed by atoms with Crippen molar-refractivity contribution in [1.82, 2.24) is 0 Å². The van der Waals surface area contributed by atoms with Crippen molar-refractivity contribution in [2.24, 2.45) is 10.8 Å². The van der Waals surface area contributed by atoms with Crippen LogP contribution in [0, 0.1) is 10.8 Å². The third-order valence-electron chi connectivity index (χ3n) is 7.23. The summed E-state index contributed by atoms with van der Waals surface area (Å²) < 4.78 is 58.5. The van der Waals surface area contributed by atoms with Crippen molar-refractivity contribution in [1.29, 1.82) is 0 Å². The minimum Gasteiger partial charge on any atom is -0.385 e. The van der Waals surface area contributed by atoms with E-state index in [0.717, 1.165) is 39.3 Å². The third kappa shape index (κ3) is 75.1. The van der Waals surface area contributed by atoms with Crippen LogP contribution < -0.4 is 0 Å². The maximum absolute atomic E-state index is 7.01. The number of thioether (sulfide) groups is 1. The Bertz CT molecular complexity index is 650. The SMILES string of the molecule is CC(C)(C)OC(C)(C)C.CCCOC.CCCOC.CCCSC.CCOCC.COC(C)(C)C(C)(C)C.COC(C)(C)C(C)(C)C.[2H]C([2H])(C)CC([2H])([2H])C. The number of hydrogen-bond donors (Lipinski definition) is 0. The molecule has 0 aliphatic rings. The molecule has 0 unspecified atom stereocenters. The number of methoxy groups -OCH3 is 4. The van der Waals surface area contributed by atoms with Gasteiger partial charge in [0.15, 0.2) is 0 Å². The summed E-state index contributed by atoms with van der Waals surface area (Å²) in [5, 5.41) is 0. The smallest absolute Gasteiger partial charge is 0.0670 e. The predicted octanol–water partition coefficient (Wildman–Crippen LogP) is 14.6. The van der Waals surface area contributed by atoms with Crippen LogP contribution in [0.25, 0.3) is 0 Å². The average Bonchev–Trinajstić information content (AvgIpc) is 2.96. The van der Waals surface area contributed by atoms with Gasteiger partial charge in [-0.1, -0.05) is 95.3 Å². The first kappa shape index (κ1) is 58.8. The molecule has 0 aliphatic carbocycles. The summed E-state index contributed by atoms with van der Waals surface area (Å²) in [6, 6.07) is 0. The molecule has 0 aromatic rings. The molecule has 0 aliphatic heterocycles. The first-order chi connectivity index (χ1) is 24.7. The minimum atomic E-state index is -1.39. The largest absolute Gasteiger partial charge is 0.385 e. The van der Waals surface area contributed by atoms with E-state index in [0.29, 0.717) is 0 Å². The van der Waals surface area contributed by atoms with Crippen LogP contribution in [0.15, 0.2) is 0 Å². The van der Waals surface area contributed by atoms with E-state index in [-0.39, 0.29) is 39.7 Å². The van der Waals surface area contributed by atoms with Gasteiger partial charge in [0.1, 0.15) is 0 Å². The van der Waals surface area contributed by atoms with Gasteiger partial charge in [-0.25, -0.2) is 0 Å². The fourth-order valence-corrected chi connectivity index (χ4v) is 2.93. The lowest BCUT2D eigenvalue weighted by Crippen LogP contribution is -2.38. The van der Waals surface area contributed by atoms with Crippen LogP contribution in [0.1, 0.15) is 203 Å². The molecule has 0 amide bonds. The zero-order valence-electron chi connectivity index (χ0n) is 45.2. The topological polar surface area (TPSA) is 55.4 Å². The Morgan fingerprint density at radius 2 is 0.769 bits per heavy atom. The van der Waals surface area contributed by atoms with Crippen molar-refractivity contribution in [3.8, 4) is 0 Å². The highest BCUT2D eigenvalue weighted by Gasteiger charge is 2.32. The van der Waals surface area contributed by atoms with Crippen LogP contribution in [0.3, 0.4) is 0 Å². The second-order valence-electron chi connectivity index (χ2n) is 16.9. The second-order valence-corrected chi connectivity index (χ2v) is 17.9. The van der Waals surface area contributed by atoms with E-state index in [1.54, 1.807) is 28.4 Å². The molecule has 0 saturated heterocycles. The van der Waals surface area contributed by atoms with Crippen molar-refractivity contribution in [2.75, 3.05) is 66.9 Å². The predicted molar refractivity (Wildman–Crippen MR) is 242 cm³/mol. The van der Waals surface area contributed by atoms with Gasteiger partial charge in [0.2, 0.25) is 0 Å². The molecule has 328 valence electrons. The summed E-state index contributed by atoms with van der Waals surface area (Å²) in [6.45, 7) is 50.5. The van der Waals surface area contributed by atoms with E-state index in [1.165, 1.54) is 26.0 Å². The Labute approximate surface area is 342 Å². The first-order valence-electron chi connectivity index (χ1n) is 21.5. The van der Waals surface area contributed by atoms with Gasteiger partial charge in [0, 0.05) is 60.3 Å². The lowest BCUT2D eigenvalue weighted by atomic mass is 9.79. The maximum Gasteiger partial charge on any atom is 0.0670 e. The maximum atomic E-state index is 7.01. The van der Waals surface area contributed by atoms with Crippen molar-refractivity contribution in [2.45, 2.75) is 220 Å². The highest BCUT2D eigenvalue weighted by atomic mass is 32.2. The van der Waals surface area contributed by atoms with E-state index >= 15 is 0 Å². The number of ether oxygens (including phenoxy) is 6. The highest BCUT2D eigenvalue weighted by molar-refractivity contribution is 7.98. The van der Waals surface area contributed by atoms with Gasteiger partial charge in [-0.3, -0.25) is 0 Å². The van der Waals surface area contributed by atoms with Gasteiger partial charge in [-0.05, 0) is 125 Å². The monoisotopic (exact) mass is 779 g/mol. The molecular formula is C45H106O6S. The van der Waals surface area contributed by atoms with Gasteiger partial charge in [0.25, 0.3) is 0 Å². The minimum absolute atomic E-state index is 0.0156. The van der Waals surface area contributed by atoms with Crippen LogP contribution in [-0.4, -0.2) is 89.3 Å². The van der Waals surface area contributed by atoms with E-state index in [9.17, 15) is 0 Å². The Kier molecular flexibility index (Phi) is 49.6. The van der Waals surface area contributed by atoms with Gasteiger partial charge >= 0.3 is 0 Å². The zero-order chi connectivity index (χ0) is 47.3. The molecular weight excluding hydrogens is 669 g/mol. The molecule has 0 aromatic heterocycles. The summed E-state index contributed by atoms with van der Waals surface area (Å²) in [6.07, 6.45) is 2.86. The van der Waals surface area contributed by atoms with Crippen LogP contribution in [0.5, 0.6) is 0 Å². The molecule has 7 heteroatoms. The van der Waals surface area contributed by atoms with Crippen LogP contribution in [0.2, 0.25) is 0 Å². The molecule has 0 radical (unpaired) electrons. The highest BCUT2D eigenvalue weighted by Crippen LogP contribution is 2.32. The normalized spacial score (nSPS) is 13.0.